The zero-order valence-corrected chi connectivity index (χ0v) is 14.8. The van der Waals surface area contributed by atoms with Crippen LogP contribution >= 0.6 is 15.9 Å². The number of halogens is 1. The van der Waals surface area contributed by atoms with Crippen molar-refractivity contribution in [3.05, 3.63) is 34.3 Å². The monoisotopic (exact) mass is 342 g/mol. The highest BCUT2D eigenvalue weighted by Crippen LogP contribution is 2.18. The molecule has 20 heavy (non-hydrogen) atoms. The second-order valence-electron chi connectivity index (χ2n) is 6.25. The molecule has 0 spiro atoms. The maximum absolute atomic E-state index is 5.36. The first-order valence-corrected chi connectivity index (χ1v) is 7.80. The Morgan fingerprint density at radius 2 is 1.95 bits per heavy atom. The highest BCUT2D eigenvalue weighted by molar-refractivity contribution is 9.10. The van der Waals surface area contributed by atoms with E-state index in [0.29, 0.717) is 6.04 Å². The van der Waals surface area contributed by atoms with E-state index in [9.17, 15) is 0 Å². The Kier molecular flexibility index (Phi) is 7.17. The van der Waals surface area contributed by atoms with Crippen LogP contribution in [0.25, 0.3) is 0 Å². The molecule has 0 saturated carbocycles. The van der Waals surface area contributed by atoms with E-state index in [4.69, 9.17) is 4.74 Å². The summed E-state index contributed by atoms with van der Waals surface area (Å²) in [6.45, 7) is 9.10. The van der Waals surface area contributed by atoms with Crippen LogP contribution in [0.2, 0.25) is 0 Å². The Balaban J connectivity index is 2.64. The van der Waals surface area contributed by atoms with Gasteiger partial charge < -0.3 is 10.1 Å². The molecule has 1 atom stereocenters. The molecule has 4 heteroatoms. The van der Waals surface area contributed by atoms with Crippen LogP contribution in [0.1, 0.15) is 26.3 Å². The zero-order chi connectivity index (χ0) is 15.2. The number of nitrogens with one attached hydrogen (secondary N) is 1. The van der Waals surface area contributed by atoms with Gasteiger partial charge >= 0.3 is 0 Å². The lowest BCUT2D eigenvalue weighted by Gasteiger charge is -2.31. The minimum atomic E-state index is 0.125. The van der Waals surface area contributed by atoms with Crippen molar-refractivity contribution in [1.29, 1.82) is 0 Å². The van der Waals surface area contributed by atoms with E-state index >= 15 is 0 Å². The SMILES string of the molecule is COCC(CNC(C)(C)C)N(C)Cc1ccccc1Br. The number of ether oxygens (including phenoxy) is 1. The van der Waals surface area contributed by atoms with Crippen molar-refractivity contribution in [3.63, 3.8) is 0 Å². The Bertz CT molecular complexity index is 404. The Labute approximate surface area is 131 Å². The standard InChI is InChI=1S/C16H27BrN2O/c1-16(2,3)18-10-14(12-20-5)19(4)11-13-8-6-7-9-15(13)17/h6-9,14,18H,10-12H2,1-5H3. The lowest BCUT2D eigenvalue weighted by Crippen LogP contribution is -2.48. The molecule has 1 N–H and O–H groups in total. The van der Waals surface area contributed by atoms with Gasteiger partial charge in [0.1, 0.15) is 0 Å². The third-order valence-corrected chi connectivity index (χ3v) is 4.00. The van der Waals surface area contributed by atoms with Gasteiger partial charge in [0, 0.05) is 36.3 Å². The molecule has 1 aromatic rings. The number of hydrogen-bond donors (Lipinski definition) is 1. The molecule has 0 aliphatic carbocycles. The van der Waals surface area contributed by atoms with E-state index in [1.54, 1.807) is 7.11 Å². The molecule has 1 unspecified atom stereocenters. The van der Waals surface area contributed by atoms with Gasteiger partial charge in [0.05, 0.1) is 6.61 Å². The first-order chi connectivity index (χ1) is 9.33. The third-order valence-electron chi connectivity index (χ3n) is 3.23. The average molecular weight is 343 g/mol. The van der Waals surface area contributed by atoms with Crippen LogP contribution in [-0.4, -0.2) is 43.8 Å². The van der Waals surface area contributed by atoms with E-state index in [2.05, 4.69) is 72.2 Å². The number of hydrogen-bond acceptors (Lipinski definition) is 3. The van der Waals surface area contributed by atoms with Crippen molar-refractivity contribution in [2.45, 2.75) is 38.9 Å². The summed E-state index contributed by atoms with van der Waals surface area (Å²) >= 11 is 3.61. The normalized spacial score (nSPS) is 13.8. The molecular weight excluding hydrogens is 316 g/mol. The second-order valence-corrected chi connectivity index (χ2v) is 7.10. The number of likely N-dealkylation sites (N-methyl/N-ethyl adjacent to an activating group) is 1. The molecule has 0 aliphatic rings. The van der Waals surface area contributed by atoms with Gasteiger partial charge in [-0.05, 0) is 39.4 Å². The molecule has 0 aromatic heterocycles. The number of methoxy groups -OCH3 is 1. The lowest BCUT2D eigenvalue weighted by atomic mass is 10.1. The molecule has 0 saturated heterocycles. The van der Waals surface area contributed by atoms with E-state index in [1.807, 2.05) is 6.07 Å². The summed E-state index contributed by atoms with van der Waals surface area (Å²) in [5.74, 6) is 0. The van der Waals surface area contributed by atoms with Crippen molar-refractivity contribution in [2.24, 2.45) is 0 Å². The van der Waals surface area contributed by atoms with Crippen LogP contribution < -0.4 is 5.32 Å². The van der Waals surface area contributed by atoms with E-state index in [-0.39, 0.29) is 5.54 Å². The fourth-order valence-electron chi connectivity index (χ4n) is 1.98. The molecule has 0 fully saturated rings. The van der Waals surface area contributed by atoms with E-state index in [1.165, 1.54) is 5.56 Å². The quantitative estimate of drug-likeness (QED) is 0.822. The van der Waals surface area contributed by atoms with Gasteiger partial charge in [-0.1, -0.05) is 34.1 Å². The topological polar surface area (TPSA) is 24.5 Å². The largest absolute Gasteiger partial charge is 0.383 e. The van der Waals surface area contributed by atoms with Gasteiger partial charge in [-0.3, -0.25) is 4.90 Å². The second kappa shape index (κ2) is 8.13. The van der Waals surface area contributed by atoms with Gasteiger partial charge in [-0.15, -0.1) is 0 Å². The summed E-state index contributed by atoms with van der Waals surface area (Å²) in [5, 5.41) is 3.55. The van der Waals surface area contributed by atoms with Gasteiger partial charge in [-0.2, -0.15) is 0 Å². The van der Waals surface area contributed by atoms with E-state index < -0.39 is 0 Å². The summed E-state index contributed by atoms with van der Waals surface area (Å²) in [4.78, 5) is 2.34. The van der Waals surface area contributed by atoms with Crippen molar-refractivity contribution in [1.82, 2.24) is 10.2 Å². The highest BCUT2D eigenvalue weighted by atomic mass is 79.9. The van der Waals surface area contributed by atoms with Crippen LogP contribution in [0.4, 0.5) is 0 Å². The molecule has 1 aromatic carbocycles. The van der Waals surface area contributed by atoms with Crippen molar-refractivity contribution in [3.8, 4) is 0 Å². The van der Waals surface area contributed by atoms with Gasteiger partial charge in [0.2, 0.25) is 0 Å². The number of rotatable bonds is 7. The molecule has 0 radical (unpaired) electrons. The van der Waals surface area contributed by atoms with Crippen molar-refractivity contribution in [2.75, 3.05) is 27.3 Å². The zero-order valence-electron chi connectivity index (χ0n) is 13.2. The molecule has 0 aliphatic heterocycles. The van der Waals surface area contributed by atoms with Crippen LogP contribution in [0, 0.1) is 0 Å². The first-order valence-electron chi connectivity index (χ1n) is 7.01. The first kappa shape index (κ1) is 17.6. The van der Waals surface area contributed by atoms with Crippen LogP contribution in [0.3, 0.4) is 0 Å². The fourth-order valence-corrected chi connectivity index (χ4v) is 2.39. The Morgan fingerprint density at radius 3 is 2.50 bits per heavy atom. The third kappa shape index (κ3) is 6.35. The molecule has 1 rings (SSSR count). The summed E-state index contributed by atoms with van der Waals surface area (Å²) < 4.78 is 6.52. The van der Waals surface area contributed by atoms with Crippen LogP contribution in [-0.2, 0) is 11.3 Å². The van der Waals surface area contributed by atoms with Gasteiger partial charge in [0.15, 0.2) is 0 Å². The smallest absolute Gasteiger partial charge is 0.0630 e. The van der Waals surface area contributed by atoms with Crippen molar-refractivity contribution >= 4 is 15.9 Å². The van der Waals surface area contributed by atoms with Crippen LogP contribution in [0.5, 0.6) is 0 Å². The number of benzene rings is 1. The minimum Gasteiger partial charge on any atom is -0.383 e. The molecular formula is C16H27BrN2O. The predicted molar refractivity (Wildman–Crippen MR) is 89.0 cm³/mol. The Hall–Kier alpha value is -0.420. The lowest BCUT2D eigenvalue weighted by molar-refractivity contribution is 0.0971. The molecule has 0 heterocycles. The summed E-state index contributed by atoms with van der Waals surface area (Å²) in [7, 11) is 3.91. The predicted octanol–water partition coefficient (Wildman–Crippen LogP) is 3.28. The Morgan fingerprint density at radius 1 is 1.30 bits per heavy atom. The maximum Gasteiger partial charge on any atom is 0.0630 e. The molecule has 0 bridgehead atoms. The van der Waals surface area contributed by atoms with Gasteiger partial charge in [-0.25, -0.2) is 0 Å². The van der Waals surface area contributed by atoms with E-state index in [0.717, 1.165) is 24.2 Å². The fraction of sp³-hybridized carbons (Fsp3) is 0.625. The van der Waals surface area contributed by atoms with Gasteiger partial charge in [0.25, 0.3) is 0 Å². The van der Waals surface area contributed by atoms with Crippen LogP contribution in [0.15, 0.2) is 28.7 Å². The molecule has 0 amide bonds. The van der Waals surface area contributed by atoms with Crippen molar-refractivity contribution < 1.29 is 4.74 Å². The summed E-state index contributed by atoms with van der Waals surface area (Å²) in [6, 6.07) is 8.71. The molecule has 3 nitrogen and oxygen atoms in total. The average Bonchev–Trinajstić information content (AvgIpc) is 2.36. The number of nitrogens with zero attached hydrogens (tertiary/aromatic N) is 1. The minimum absolute atomic E-state index is 0.125. The maximum atomic E-state index is 5.36. The summed E-state index contributed by atoms with van der Waals surface area (Å²) in [5.41, 5.74) is 1.42. The highest BCUT2D eigenvalue weighted by Gasteiger charge is 2.18. The molecule has 114 valence electrons. The summed E-state index contributed by atoms with van der Waals surface area (Å²) in [6.07, 6.45) is 0.